The molecule has 114 valence electrons. The number of H-pyrrole nitrogens is 2. The molecule has 0 radical (unpaired) electrons. The fourth-order valence-corrected chi connectivity index (χ4v) is 2.95. The van der Waals surface area contributed by atoms with Gasteiger partial charge >= 0.3 is 0 Å². The van der Waals surface area contributed by atoms with Crippen LogP contribution >= 0.6 is 0 Å². The number of hydrogen-bond donors (Lipinski definition) is 3. The number of hydrogen-bond acceptors (Lipinski definition) is 4. The molecule has 6 heteroatoms. The van der Waals surface area contributed by atoms with E-state index >= 15 is 0 Å². The first-order valence-electron chi connectivity index (χ1n) is 7.06. The topological polar surface area (TPSA) is 90.5 Å². The van der Waals surface area contributed by atoms with E-state index in [4.69, 9.17) is 4.74 Å². The summed E-state index contributed by atoms with van der Waals surface area (Å²) in [4.78, 5) is 17.4. The van der Waals surface area contributed by atoms with Gasteiger partial charge in [0.15, 0.2) is 5.88 Å². The summed E-state index contributed by atoms with van der Waals surface area (Å²) in [5.74, 6) is 0.653. The van der Waals surface area contributed by atoms with Gasteiger partial charge in [-0.05, 0) is 23.4 Å². The van der Waals surface area contributed by atoms with Crippen LogP contribution < -0.4 is 4.74 Å². The Hall–Kier alpha value is -3.28. The lowest BCUT2D eigenvalue weighted by molar-refractivity contribution is 0.415. The predicted octanol–water partition coefficient (Wildman–Crippen LogP) is 4.43. The monoisotopic (exact) mass is 307 g/mol. The molecule has 0 aliphatic carbocycles. The van der Waals surface area contributed by atoms with E-state index in [9.17, 15) is 10.0 Å². The number of aromatic nitrogens is 2. The van der Waals surface area contributed by atoms with Crippen LogP contribution in [0.4, 0.5) is 5.69 Å². The normalized spacial score (nSPS) is 11.2. The molecule has 2 aromatic carbocycles. The first-order valence-corrected chi connectivity index (χ1v) is 7.06. The number of fused-ring (bicyclic) bond motifs is 2. The largest absolute Gasteiger partial charge is 0.497 e. The summed E-state index contributed by atoms with van der Waals surface area (Å²) in [7, 11) is 1.58. The molecule has 2 aromatic heterocycles. The standard InChI is InChI=1S/C17H13N3O3/c1-23-9-6-7-10-13(8-9)19-17(21)14(10)16-15(20-22)11-4-2-3-5-12(11)18-16/h2-8,18-19,21H,1H3. The number of nitrogens with one attached hydrogen (secondary N) is 2. The van der Waals surface area contributed by atoms with Crippen LogP contribution in [0.15, 0.2) is 47.6 Å². The average molecular weight is 307 g/mol. The van der Waals surface area contributed by atoms with E-state index in [0.29, 0.717) is 22.5 Å². The van der Waals surface area contributed by atoms with Crippen molar-refractivity contribution in [1.29, 1.82) is 0 Å². The second kappa shape index (κ2) is 4.88. The van der Waals surface area contributed by atoms with Gasteiger partial charge in [0.25, 0.3) is 0 Å². The zero-order chi connectivity index (χ0) is 16.0. The summed E-state index contributed by atoms with van der Waals surface area (Å²) in [5.41, 5.74) is 2.81. The highest BCUT2D eigenvalue weighted by molar-refractivity contribution is 6.07. The van der Waals surface area contributed by atoms with Gasteiger partial charge in [0.05, 0.1) is 23.9 Å². The van der Waals surface area contributed by atoms with Gasteiger partial charge in [0.1, 0.15) is 11.4 Å². The number of aromatic hydroxyl groups is 1. The third-order valence-electron chi connectivity index (χ3n) is 4.01. The van der Waals surface area contributed by atoms with Gasteiger partial charge in [-0.25, -0.2) is 0 Å². The number of nitroso groups, excluding NO2 is 1. The van der Waals surface area contributed by atoms with Crippen molar-refractivity contribution in [1.82, 2.24) is 9.97 Å². The molecule has 0 fully saturated rings. The summed E-state index contributed by atoms with van der Waals surface area (Å²) in [5, 5.41) is 15.0. The maximum Gasteiger partial charge on any atom is 0.199 e. The van der Waals surface area contributed by atoms with Gasteiger partial charge in [-0.1, -0.05) is 18.2 Å². The van der Waals surface area contributed by atoms with Crippen LogP contribution in [-0.4, -0.2) is 22.2 Å². The van der Waals surface area contributed by atoms with Gasteiger partial charge in [-0.15, -0.1) is 4.91 Å². The van der Waals surface area contributed by atoms with E-state index < -0.39 is 0 Å². The Labute approximate surface area is 130 Å². The molecule has 0 saturated carbocycles. The molecule has 0 aliphatic heterocycles. The molecule has 3 N–H and O–H groups in total. The minimum absolute atomic E-state index is 0.0234. The molecule has 23 heavy (non-hydrogen) atoms. The summed E-state index contributed by atoms with van der Waals surface area (Å²) in [6.07, 6.45) is 0. The first kappa shape index (κ1) is 13.4. The maximum absolute atomic E-state index is 11.4. The molecule has 0 saturated heterocycles. The molecule has 0 amide bonds. The molecule has 6 nitrogen and oxygen atoms in total. The van der Waals surface area contributed by atoms with E-state index in [1.807, 2.05) is 30.3 Å². The second-order valence-electron chi connectivity index (χ2n) is 5.25. The lowest BCUT2D eigenvalue weighted by Crippen LogP contribution is -1.81. The summed E-state index contributed by atoms with van der Waals surface area (Å²) >= 11 is 0. The van der Waals surface area contributed by atoms with Crippen molar-refractivity contribution in [2.75, 3.05) is 7.11 Å². The Bertz CT molecular complexity index is 1050. The number of methoxy groups -OCH3 is 1. The SMILES string of the molecule is COc1ccc2c(-c3[nH]c4ccccc4c3N=O)c(O)[nH]c2c1. The molecular weight excluding hydrogens is 294 g/mol. The van der Waals surface area contributed by atoms with Crippen LogP contribution in [0.5, 0.6) is 11.6 Å². The Morgan fingerprint density at radius 2 is 1.87 bits per heavy atom. The lowest BCUT2D eigenvalue weighted by Gasteiger charge is -2.00. The first-order chi connectivity index (χ1) is 11.2. The fraction of sp³-hybridized carbons (Fsp3) is 0.0588. The van der Waals surface area contributed by atoms with Gasteiger partial charge < -0.3 is 19.8 Å². The van der Waals surface area contributed by atoms with Gasteiger partial charge in [-0.3, -0.25) is 0 Å². The van der Waals surface area contributed by atoms with E-state index in [-0.39, 0.29) is 11.6 Å². The zero-order valence-corrected chi connectivity index (χ0v) is 12.3. The van der Waals surface area contributed by atoms with Crippen molar-refractivity contribution in [3.05, 3.63) is 47.4 Å². The fourth-order valence-electron chi connectivity index (χ4n) is 2.95. The smallest absolute Gasteiger partial charge is 0.199 e. The molecule has 0 aliphatic rings. The van der Waals surface area contributed by atoms with Crippen LogP contribution in [0.3, 0.4) is 0 Å². The lowest BCUT2D eigenvalue weighted by atomic mass is 10.1. The number of ether oxygens (including phenoxy) is 1. The van der Waals surface area contributed by atoms with Gasteiger partial charge in [-0.2, -0.15) is 0 Å². The van der Waals surface area contributed by atoms with Crippen molar-refractivity contribution in [3.63, 3.8) is 0 Å². The predicted molar refractivity (Wildman–Crippen MR) is 89.3 cm³/mol. The maximum atomic E-state index is 11.4. The average Bonchev–Trinajstić information content (AvgIpc) is 3.09. The van der Waals surface area contributed by atoms with Gasteiger partial charge in [0, 0.05) is 22.4 Å². The Morgan fingerprint density at radius 3 is 2.65 bits per heavy atom. The Balaban J connectivity index is 2.06. The van der Waals surface area contributed by atoms with Crippen LogP contribution in [0.25, 0.3) is 33.1 Å². The number of para-hydroxylation sites is 1. The molecule has 2 heterocycles. The van der Waals surface area contributed by atoms with Crippen molar-refractivity contribution < 1.29 is 9.84 Å². The molecule has 0 atom stereocenters. The van der Waals surface area contributed by atoms with E-state index in [1.54, 1.807) is 19.2 Å². The van der Waals surface area contributed by atoms with E-state index in [0.717, 1.165) is 16.3 Å². The second-order valence-corrected chi connectivity index (χ2v) is 5.25. The molecular formula is C17H13N3O3. The zero-order valence-electron chi connectivity index (χ0n) is 12.3. The molecule has 0 unspecified atom stereocenters. The Kier molecular flexibility index (Phi) is 2.84. The summed E-state index contributed by atoms with van der Waals surface area (Å²) < 4.78 is 5.19. The summed E-state index contributed by atoms with van der Waals surface area (Å²) in [6, 6.07) is 12.8. The Morgan fingerprint density at radius 1 is 1.04 bits per heavy atom. The van der Waals surface area contributed by atoms with Crippen molar-refractivity contribution in [3.8, 4) is 22.9 Å². The number of rotatable bonds is 3. The molecule has 0 spiro atoms. The minimum Gasteiger partial charge on any atom is -0.497 e. The van der Waals surface area contributed by atoms with Gasteiger partial charge in [0.2, 0.25) is 0 Å². The third kappa shape index (κ3) is 1.88. The quantitative estimate of drug-likeness (QED) is 0.489. The van der Waals surface area contributed by atoms with Crippen LogP contribution in [0, 0.1) is 4.91 Å². The number of aromatic amines is 2. The molecule has 4 rings (SSSR count). The highest BCUT2D eigenvalue weighted by atomic mass is 16.5. The molecule has 4 aromatic rings. The highest BCUT2D eigenvalue weighted by Crippen LogP contribution is 2.44. The third-order valence-corrected chi connectivity index (χ3v) is 4.01. The van der Waals surface area contributed by atoms with Crippen molar-refractivity contribution >= 4 is 27.5 Å². The summed E-state index contributed by atoms with van der Waals surface area (Å²) in [6.45, 7) is 0. The van der Waals surface area contributed by atoms with Crippen LogP contribution in [0.1, 0.15) is 0 Å². The van der Waals surface area contributed by atoms with E-state index in [1.165, 1.54) is 0 Å². The minimum atomic E-state index is -0.0234. The van der Waals surface area contributed by atoms with Crippen LogP contribution in [0.2, 0.25) is 0 Å². The molecule has 0 bridgehead atoms. The van der Waals surface area contributed by atoms with Crippen molar-refractivity contribution in [2.45, 2.75) is 0 Å². The van der Waals surface area contributed by atoms with E-state index in [2.05, 4.69) is 15.1 Å². The highest BCUT2D eigenvalue weighted by Gasteiger charge is 2.21. The van der Waals surface area contributed by atoms with Crippen molar-refractivity contribution in [2.24, 2.45) is 5.18 Å². The van der Waals surface area contributed by atoms with Crippen LogP contribution in [-0.2, 0) is 0 Å². The number of nitrogens with zero attached hydrogens (tertiary/aromatic N) is 1. The number of benzene rings is 2.